The van der Waals surface area contributed by atoms with E-state index >= 15 is 0 Å². The van der Waals surface area contributed by atoms with Crippen molar-refractivity contribution in [1.29, 1.82) is 0 Å². The Bertz CT molecular complexity index is 495. The summed E-state index contributed by atoms with van der Waals surface area (Å²) < 4.78 is 0. The molecule has 0 aliphatic carbocycles. The third kappa shape index (κ3) is 3.51. The number of amides is 1. The zero-order valence-corrected chi connectivity index (χ0v) is 14.1. The molecule has 1 aromatic carbocycles. The number of benzene rings is 1. The van der Waals surface area contributed by atoms with Crippen molar-refractivity contribution in [3.63, 3.8) is 0 Å². The Morgan fingerprint density at radius 3 is 2.57 bits per heavy atom. The van der Waals surface area contributed by atoms with Crippen LogP contribution in [0.5, 0.6) is 0 Å². The van der Waals surface area contributed by atoms with Gasteiger partial charge in [-0.1, -0.05) is 18.2 Å². The summed E-state index contributed by atoms with van der Waals surface area (Å²) >= 11 is 3.75. The van der Waals surface area contributed by atoms with Crippen molar-refractivity contribution in [2.24, 2.45) is 0 Å². The van der Waals surface area contributed by atoms with Crippen LogP contribution in [-0.4, -0.2) is 59.5 Å². The van der Waals surface area contributed by atoms with Gasteiger partial charge in [-0.25, -0.2) is 0 Å². The Balaban J connectivity index is 1.57. The van der Waals surface area contributed by atoms with E-state index in [0.29, 0.717) is 5.91 Å². The summed E-state index contributed by atoms with van der Waals surface area (Å²) in [4.78, 5) is 17.0. The molecule has 2 fully saturated rings. The molecule has 5 heteroatoms. The molecule has 0 spiro atoms. The van der Waals surface area contributed by atoms with Crippen molar-refractivity contribution in [1.82, 2.24) is 4.90 Å². The Labute approximate surface area is 135 Å². The normalized spacial score (nSPS) is 23.2. The summed E-state index contributed by atoms with van der Waals surface area (Å²) in [5.41, 5.74) is 2.63. The van der Waals surface area contributed by atoms with E-state index in [0.717, 1.165) is 37.7 Å². The number of anilines is 1. The van der Waals surface area contributed by atoms with Gasteiger partial charge in [0, 0.05) is 49.1 Å². The van der Waals surface area contributed by atoms with Crippen LogP contribution in [0.1, 0.15) is 5.56 Å². The van der Waals surface area contributed by atoms with Crippen LogP contribution in [0.4, 0.5) is 5.69 Å². The molecule has 3 rings (SSSR count). The molecular formula is C16H22N2OS2. The van der Waals surface area contributed by atoms with Crippen LogP contribution in [0.15, 0.2) is 24.3 Å². The molecule has 2 heterocycles. The lowest BCUT2D eigenvalue weighted by molar-refractivity contribution is -0.130. The topological polar surface area (TPSA) is 23.6 Å². The molecule has 0 aromatic heterocycles. The van der Waals surface area contributed by atoms with Crippen molar-refractivity contribution in [3.8, 4) is 0 Å². The first-order valence-electron chi connectivity index (χ1n) is 7.54. The van der Waals surface area contributed by atoms with E-state index in [1.54, 1.807) is 0 Å². The highest BCUT2D eigenvalue weighted by Crippen LogP contribution is 2.27. The van der Waals surface area contributed by atoms with Gasteiger partial charge in [0.15, 0.2) is 0 Å². The lowest BCUT2D eigenvalue weighted by atomic mass is 10.1. The molecule has 0 N–H and O–H groups in total. The SMILES string of the molecule is Cc1ccccc1N1CCN(C(=O)C2CSCCS2)CC1. The van der Waals surface area contributed by atoms with Crippen molar-refractivity contribution in [2.45, 2.75) is 12.2 Å². The van der Waals surface area contributed by atoms with Crippen LogP contribution >= 0.6 is 23.5 Å². The second kappa shape index (κ2) is 6.97. The van der Waals surface area contributed by atoms with E-state index in [9.17, 15) is 4.79 Å². The van der Waals surface area contributed by atoms with Gasteiger partial charge in [-0.3, -0.25) is 4.79 Å². The number of hydrogen-bond acceptors (Lipinski definition) is 4. The van der Waals surface area contributed by atoms with Gasteiger partial charge >= 0.3 is 0 Å². The number of aryl methyl sites for hydroxylation is 1. The maximum atomic E-state index is 12.5. The molecule has 3 nitrogen and oxygen atoms in total. The fourth-order valence-corrected chi connectivity index (χ4v) is 5.55. The summed E-state index contributed by atoms with van der Waals surface area (Å²) in [7, 11) is 0. The number of piperazine rings is 1. The van der Waals surface area contributed by atoms with E-state index in [1.165, 1.54) is 17.0 Å². The number of rotatable bonds is 2. The van der Waals surface area contributed by atoms with Crippen LogP contribution in [0.3, 0.4) is 0 Å². The number of thioether (sulfide) groups is 2. The third-order valence-corrected chi connectivity index (χ3v) is 6.88. The van der Waals surface area contributed by atoms with Crippen molar-refractivity contribution in [3.05, 3.63) is 29.8 Å². The van der Waals surface area contributed by atoms with Crippen molar-refractivity contribution >= 4 is 35.1 Å². The molecule has 0 radical (unpaired) electrons. The maximum absolute atomic E-state index is 12.5. The summed E-state index contributed by atoms with van der Waals surface area (Å²) in [6, 6.07) is 8.51. The standard InChI is InChI=1S/C16H22N2OS2/c1-13-4-2-3-5-14(13)17-6-8-18(9-7-17)16(19)15-12-20-10-11-21-15/h2-5,15H,6-12H2,1H3. The Morgan fingerprint density at radius 1 is 1.14 bits per heavy atom. The fourth-order valence-electron chi connectivity index (χ4n) is 2.92. The van der Waals surface area contributed by atoms with Crippen LogP contribution < -0.4 is 4.90 Å². The quantitative estimate of drug-likeness (QED) is 0.835. The van der Waals surface area contributed by atoms with Gasteiger partial charge in [-0.05, 0) is 18.6 Å². The minimum Gasteiger partial charge on any atom is -0.368 e. The molecule has 0 saturated carbocycles. The molecule has 2 saturated heterocycles. The predicted molar refractivity (Wildman–Crippen MR) is 93.5 cm³/mol. The fraction of sp³-hybridized carbons (Fsp3) is 0.562. The summed E-state index contributed by atoms with van der Waals surface area (Å²) in [5.74, 6) is 3.65. The molecule has 21 heavy (non-hydrogen) atoms. The van der Waals surface area contributed by atoms with E-state index in [1.807, 2.05) is 23.5 Å². The minimum absolute atomic E-state index is 0.189. The molecule has 1 unspecified atom stereocenters. The summed E-state index contributed by atoms with van der Waals surface area (Å²) in [5, 5.41) is 0.189. The molecule has 2 aliphatic rings. The van der Waals surface area contributed by atoms with Crippen molar-refractivity contribution < 1.29 is 4.79 Å². The second-order valence-corrected chi connectivity index (χ2v) is 7.99. The second-order valence-electron chi connectivity index (χ2n) is 5.53. The van der Waals surface area contributed by atoms with Gasteiger partial charge in [0.2, 0.25) is 5.91 Å². The first-order valence-corrected chi connectivity index (χ1v) is 9.75. The van der Waals surface area contributed by atoms with Gasteiger partial charge in [-0.2, -0.15) is 11.8 Å². The van der Waals surface area contributed by atoms with Gasteiger partial charge in [0.25, 0.3) is 0 Å². The summed E-state index contributed by atoms with van der Waals surface area (Å²) in [6.45, 7) is 5.76. The molecule has 2 aliphatic heterocycles. The van der Waals surface area contributed by atoms with Gasteiger partial charge < -0.3 is 9.80 Å². The highest BCUT2D eigenvalue weighted by Gasteiger charge is 2.29. The summed E-state index contributed by atoms with van der Waals surface area (Å²) in [6.07, 6.45) is 0. The number of para-hydroxylation sites is 1. The number of carbonyl (C=O) groups is 1. The van der Waals surface area contributed by atoms with Crippen LogP contribution in [-0.2, 0) is 4.79 Å². The first kappa shape index (κ1) is 15.1. The van der Waals surface area contributed by atoms with E-state index in [2.05, 4.69) is 41.0 Å². The number of carbonyl (C=O) groups excluding carboxylic acids is 1. The highest BCUT2D eigenvalue weighted by atomic mass is 32.2. The monoisotopic (exact) mass is 322 g/mol. The minimum atomic E-state index is 0.189. The zero-order chi connectivity index (χ0) is 14.7. The van der Waals surface area contributed by atoms with E-state index < -0.39 is 0 Å². The average molecular weight is 322 g/mol. The van der Waals surface area contributed by atoms with Gasteiger partial charge in [-0.15, -0.1) is 11.8 Å². The third-order valence-electron chi connectivity index (χ3n) is 4.14. The molecule has 0 bridgehead atoms. The first-order chi connectivity index (χ1) is 10.3. The van der Waals surface area contributed by atoms with E-state index in [-0.39, 0.29) is 5.25 Å². The van der Waals surface area contributed by atoms with Crippen LogP contribution in [0.25, 0.3) is 0 Å². The molecular weight excluding hydrogens is 300 g/mol. The molecule has 1 aromatic rings. The maximum Gasteiger partial charge on any atom is 0.236 e. The molecule has 1 atom stereocenters. The lowest BCUT2D eigenvalue weighted by Crippen LogP contribution is -2.51. The lowest BCUT2D eigenvalue weighted by Gasteiger charge is -2.38. The Kier molecular flexibility index (Phi) is 5.01. The molecule has 1 amide bonds. The predicted octanol–water partition coefficient (Wildman–Crippen LogP) is 2.49. The zero-order valence-electron chi connectivity index (χ0n) is 12.5. The Morgan fingerprint density at radius 2 is 1.90 bits per heavy atom. The number of hydrogen-bond donors (Lipinski definition) is 0. The van der Waals surface area contributed by atoms with Gasteiger partial charge in [0.05, 0.1) is 5.25 Å². The van der Waals surface area contributed by atoms with Crippen LogP contribution in [0.2, 0.25) is 0 Å². The largest absolute Gasteiger partial charge is 0.368 e. The van der Waals surface area contributed by atoms with Crippen molar-refractivity contribution in [2.75, 3.05) is 48.3 Å². The molecule has 114 valence electrons. The average Bonchev–Trinajstić information content (AvgIpc) is 2.56. The Hall–Kier alpha value is -0.810. The van der Waals surface area contributed by atoms with Gasteiger partial charge in [0.1, 0.15) is 0 Å². The number of nitrogens with zero attached hydrogens (tertiary/aromatic N) is 2. The highest BCUT2D eigenvalue weighted by molar-refractivity contribution is 8.07. The smallest absolute Gasteiger partial charge is 0.236 e. The van der Waals surface area contributed by atoms with Crippen LogP contribution in [0, 0.1) is 6.92 Å². The van der Waals surface area contributed by atoms with E-state index in [4.69, 9.17) is 0 Å².